The van der Waals surface area contributed by atoms with Crippen LogP contribution >= 0.6 is 0 Å². The summed E-state index contributed by atoms with van der Waals surface area (Å²) in [5.41, 5.74) is 15.6. The minimum Gasteiger partial charge on any atom is -0.478 e. The predicted octanol–water partition coefficient (Wildman–Crippen LogP) is 10.3. The van der Waals surface area contributed by atoms with E-state index in [1.807, 2.05) is 36.4 Å². The van der Waals surface area contributed by atoms with Gasteiger partial charge in [-0.15, -0.1) is 0 Å². The molecule has 2 heterocycles. The molecule has 0 atom stereocenters. The van der Waals surface area contributed by atoms with E-state index in [0.717, 1.165) is 73.0 Å². The predicted molar refractivity (Wildman–Crippen MR) is 231 cm³/mol. The molecule has 2 N–H and O–H groups in total. The van der Waals surface area contributed by atoms with E-state index >= 15 is 0 Å². The first-order valence-electron chi connectivity index (χ1n) is 18.9. The fourth-order valence-corrected chi connectivity index (χ4v) is 8.48. The average molecular weight is 755 g/mol. The van der Waals surface area contributed by atoms with E-state index < -0.39 is 11.9 Å². The van der Waals surface area contributed by atoms with Crippen LogP contribution in [0.2, 0.25) is 0 Å². The minimum atomic E-state index is -0.960. The number of halogens is 1. The highest BCUT2D eigenvalue weighted by atomic mass is 19.1. The summed E-state index contributed by atoms with van der Waals surface area (Å²) in [5, 5.41) is 18.8. The fraction of sp³-hybridized carbons (Fsp3) is 0. The van der Waals surface area contributed by atoms with Crippen molar-refractivity contribution in [2.24, 2.45) is 0 Å². The summed E-state index contributed by atoms with van der Waals surface area (Å²) in [4.78, 5) is 27.6. The van der Waals surface area contributed by atoms with Crippen molar-refractivity contribution in [3.05, 3.63) is 199 Å². The highest BCUT2D eigenvalue weighted by Gasteiger charge is 2.43. The Morgan fingerprint density at radius 1 is 0.414 bits per heavy atom. The summed E-state index contributed by atoms with van der Waals surface area (Å²) in [6.45, 7) is -0.0776. The van der Waals surface area contributed by atoms with Gasteiger partial charge in [-0.1, -0.05) is 97.1 Å². The third kappa shape index (κ3) is 5.82. The number of fused-ring (bicyclic) bond motifs is 4. The van der Waals surface area contributed by atoms with E-state index in [4.69, 9.17) is 0 Å². The van der Waals surface area contributed by atoms with Crippen molar-refractivity contribution in [1.29, 1.82) is 0 Å². The Morgan fingerprint density at radius 3 is 1.16 bits per heavy atom. The normalized spacial score (nSPS) is 12.4. The van der Waals surface area contributed by atoms with Crippen LogP contribution in [0, 0.1) is 5.82 Å². The molecular weight excluding hydrogens is 722 g/mol. The molecule has 0 aliphatic carbocycles. The van der Waals surface area contributed by atoms with Gasteiger partial charge in [0.25, 0.3) is 6.71 Å². The number of anilines is 6. The van der Waals surface area contributed by atoms with E-state index in [-0.39, 0.29) is 23.7 Å². The molecule has 58 heavy (non-hydrogen) atoms. The van der Waals surface area contributed by atoms with Crippen molar-refractivity contribution < 1.29 is 24.2 Å². The fourth-order valence-electron chi connectivity index (χ4n) is 8.48. The molecule has 276 valence electrons. The molecular formula is C50H32BFN2O4. The average Bonchev–Trinajstić information content (AvgIpc) is 3.26. The van der Waals surface area contributed by atoms with Gasteiger partial charge in [-0.25, -0.2) is 14.0 Å². The Bertz CT molecular complexity index is 2720. The van der Waals surface area contributed by atoms with Gasteiger partial charge in [-0.3, -0.25) is 0 Å². The number of carboxylic acids is 2. The molecule has 6 nitrogen and oxygen atoms in total. The Morgan fingerprint density at radius 2 is 0.759 bits per heavy atom. The van der Waals surface area contributed by atoms with Crippen LogP contribution in [0.25, 0.3) is 33.4 Å². The van der Waals surface area contributed by atoms with E-state index in [2.05, 4.69) is 119 Å². The Balaban J connectivity index is 1.17. The molecule has 8 heteroatoms. The smallest absolute Gasteiger partial charge is 0.335 e. The maximum Gasteiger partial charge on any atom is 0.335 e. The highest BCUT2D eigenvalue weighted by Crippen LogP contribution is 2.46. The third-order valence-corrected chi connectivity index (χ3v) is 11.2. The quantitative estimate of drug-likeness (QED) is 0.158. The van der Waals surface area contributed by atoms with Crippen molar-refractivity contribution in [2.45, 2.75) is 0 Å². The van der Waals surface area contributed by atoms with Crippen LogP contribution in [0.15, 0.2) is 182 Å². The molecule has 10 rings (SSSR count). The van der Waals surface area contributed by atoms with Crippen LogP contribution in [0.3, 0.4) is 0 Å². The van der Waals surface area contributed by atoms with Crippen molar-refractivity contribution in [3.63, 3.8) is 0 Å². The second kappa shape index (κ2) is 13.8. The van der Waals surface area contributed by atoms with Crippen LogP contribution in [0.1, 0.15) is 20.7 Å². The monoisotopic (exact) mass is 754 g/mol. The van der Waals surface area contributed by atoms with Crippen LogP contribution < -0.4 is 26.2 Å². The molecule has 0 radical (unpaired) electrons. The van der Waals surface area contributed by atoms with Gasteiger partial charge in [-0.2, -0.15) is 0 Å². The Labute approximate surface area is 334 Å². The number of nitrogens with zero attached hydrogens (tertiary/aromatic N) is 2. The number of benzene rings is 8. The standard InChI is InChI=1S/C50H32BFN2O4/c52-39-23-17-35(18-24-39)38-29-46-48-47(30-38)54(41-27-21-34(22-28-41)32-11-15-37(16-12-32)50(57)58)45-8-4-2-6-43(45)51(48)42-5-1-3-7-44(42)53(46)40-25-19-33(20-26-40)31-9-13-36(14-10-31)49(55)56/h1-30H,(H,55,56)(H,57,58). The Kier molecular flexibility index (Phi) is 8.27. The van der Waals surface area contributed by atoms with Gasteiger partial charge >= 0.3 is 11.9 Å². The SMILES string of the molecule is O=C(O)c1ccc(-c2ccc(N3c4ccccc4B4c5ccccc5N(c5ccc(-c6ccc(C(=O)O)cc6)cc5)c5cc(-c6ccc(F)cc6)cc3c54)cc2)cc1. The molecule has 0 fully saturated rings. The zero-order valence-corrected chi connectivity index (χ0v) is 30.9. The highest BCUT2D eigenvalue weighted by molar-refractivity contribution is 7.00. The third-order valence-electron chi connectivity index (χ3n) is 11.2. The summed E-state index contributed by atoms with van der Waals surface area (Å²) in [6, 6.07) is 58.6. The molecule has 0 unspecified atom stereocenters. The van der Waals surface area contributed by atoms with Gasteiger partial charge < -0.3 is 20.0 Å². The number of aromatic carboxylic acids is 2. The molecule has 2 aliphatic heterocycles. The maximum atomic E-state index is 14.3. The van der Waals surface area contributed by atoms with Crippen LogP contribution in [0.5, 0.6) is 0 Å². The lowest BCUT2D eigenvalue weighted by Crippen LogP contribution is -2.61. The van der Waals surface area contributed by atoms with Crippen molar-refractivity contribution in [1.82, 2.24) is 0 Å². The first kappa shape index (κ1) is 34.8. The minimum absolute atomic E-state index is 0.0776. The Hall–Kier alpha value is -7.71. The van der Waals surface area contributed by atoms with Gasteiger partial charge in [0.05, 0.1) is 11.1 Å². The van der Waals surface area contributed by atoms with Crippen molar-refractivity contribution in [2.75, 3.05) is 9.80 Å². The van der Waals surface area contributed by atoms with Crippen molar-refractivity contribution in [3.8, 4) is 33.4 Å². The zero-order chi connectivity index (χ0) is 39.5. The summed E-state index contributed by atoms with van der Waals surface area (Å²) in [6.07, 6.45) is 0. The summed E-state index contributed by atoms with van der Waals surface area (Å²) in [7, 11) is 0. The lowest BCUT2D eigenvalue weighted by molar-refractivity contribution is 0.0686. The topological polar surface area (TPSA) is 81.1 Å². The molecule has 0 amide bonds. The van der Waals surface area contributed by atoms with Crippen LogP contribution in [-0.4, -0.2) is 28.9 Å². The van der Waals surface area contributed by atoms with Gasteiger partial charge in [-0.05, 0) is 135 Å². The van der Waals surface area contributed by atoms with Gasteiger partial charge in [0, 0.05) is 34.1 Å². The molecule has 8 aromatic rings. The van der Waals surface area contributed by atoms with E-state index in [0.29, 0.717) is 0 Å². The summed E-state index contributed by atoms with van der Waals surface area (Å²) < 4.78 is 14.3. The molecule has 8 aromatic carbocycles. The number of carboxylic acid groups (broad SMARTS) is 2. The number of hydrogen-bond acceptors (Lipinski definition) is 4. The number of rotatable bonds is 7. The van der Waals surface area contributed by atoms with E-state index in [1.54, 1.807) is 24.3 Å². The molecule has 0 saturated heterocycles. The number of para-hydroxylation sites is 2. The second-order valence-electron chi connectivity index (χ2n) is 14.5. The summed E-state index contributed by atoms with van der Waals surface area (Å²) >= 11 is 0. The van der Waals surface area contributed by atoms with Crippen molar-refractivity contribution >= 4 is 69.2 Å². The molecule has 2 aliphatic rings. The molecule has 0 spiro atoms. The van der Waals surface area contributed by atoms with E-state index in [9.17, 15) is 24.2 Å². The maximum absolute atomic E-state index is 14.3. The number of carbonyl (C=O) groups is 2. The van der Waals surface area contributed by atoms with E-state index in [1.165, 1.54) is 23.1 Å². The largest absolute Gasteiger partial charge is 0.478 e. The first-order valence-corrected chi connectivity index (χ1v) is 18.9. The first-order chi connectivity index (χ1) is 28.3. The molecule has 0 aromatic heterocycles. The van der Waals surface area contributed by atoms with Gasteiger partial charge in [0.1, 0.15) is 5.82 Å². The lowest BCUT2D eigenvalue weighted by atomic mass is 9.33. The van der Waals surface area contributed by atoms with Gasteiger partial charge in [0.15, 0.2) is 0 Å². The zero-order valence-electron chi connectivity index (χ0n) is 30.9. The molecule has 0 bridgehead atoms. The van der Waals surface area contributed by atoms with Crippen LogP contribution in [0.4, 0.5) is 38.5 Å². The second-order valence-corrected chi connectivity index (χ2v) is 14.5. The lowest BCUT2D eigenvalue weighted by Gasteiger charge is -2.44. The molecule has 0 saturated carbocycles. The van der Waals surface area contributed by atoms with Crippen LogP contribution in [-0.2, 0) is 0 Å². The summed E-state index contributed by atoms with van der Waals surface area (Å²) in [5.74, 6) is -2.22. The van der Waals surface area contributed by atoms with Gasteiger partial charge in [0.2, 0.25) is 0 Å². The number of hydrogen-bond donors (Lipinski definition) is 2.